The lowest BCUT2D eigenvalue weighted by Crippen LogP contribution is -2.12. The number of aromatic nitrogens is 3. The first kappa shape index (κ1) is 14.2. The van der Waals surface area contributed by atoms with Gasteiger partial charge in [-0.05, 0) is 31.4 Å². The van der Waals surface area contributed by atoms with Crippen LogP contribution in [-0.2, 0) is 12.8 Å². The molecule has 0 unspecified atom stereocenters. The number of rotatable bonds is 7. The van der Waals surface area contributed by atoms with Gasteiger partial charge < -0.3 is 10.6 Å². The summed E-state index contributed by atoms with van der Waals surface area (Å²) < 4.78 is 0. The number of hydrogen-bond acceptors (Lipinski definition) is 5. The Morgan fingerprint density at radius 1 is 1.10 bits per heavy atom. The van der Waals surface area contributed by atoms with Crippen molar-refractivity contribution in [2.45, 2.75) is 26.7 Å². The molecular weight excluding hydrogens is 250 g/mol. The number of anilines is 2. The van der Waals surface area contributed by atoms with E-state index in [0.717, 1.165) is 43.1 Å². The average molecular weight is 271 g/mol. The summed E-state index contributed by atoms with van der Waals surface area (Å²) in [5.41, 5.74) is 2.36. The van der Waals surface area contributed by atoms with Crippen LogP contribution in [0.1, 0.15) is 25.0 Å². The molecule has 0 aliphatic carbocycles. The maximum Gasteiger partial charge on any atom is 0.134 e. The maximum atomic E-state index is 4.35. The van der Waals surface area contributed by atoms with Crippen molar-refractivity contribution in [1.82, 2.24) is 15.0 Å². The third kappa shape index (κ3) is 3.66. The van der Waals surface area contributed by atoms with Crippen LogP contribution in [0.2, 0.25) is 0 Å². The molecule has 2 aromatic heterocycles. The molecule has 0 aliphatic heterocycles. The Hall–Kier alpha value is -2.17. The molecule has 0 saturated carbocycles. The molecule has 5 nitrogen and oxygen atoms in total. The number of pyridine rings is 1. The number of nitrogens with zero attached hydrogens (tertiary/aromatic N) is 3. The van der Waals surface area contributed by atoms with E-state index in [2.05, 4.69) is 45.5 Å². The third-order valence-electron chi connectivity index (χ3n) is 3.07. The second-order valence-electron chi connectivity index (χ2n) is 4.47. The molecule has 0 amide bonds. The van der Waals surface area contributed by atoms with E-state index in [-0.39, 0.29) is 0 Å². The molecule has 2 aromatic rings. The van der Waals surface area contributed by atoms with Crippen molar-refractivity contribution in [1.29, 1.82) is 0 Å². The van der Waals surface area contributed by atoms with Crippen LogP contribution < -0.4 is 10.6 Å². The molecule has 0 spiro atoms. The zero-order valence-electron chi connectivity index (χ0n) is 12.1. The Balaban J connectivity index is 2.00. The van der Waals surface area contributed by atoms with Crippen LogP contribution in [0.3, 0.4) is 0 Å². The molecule has 0 aliphatic rings. The molecule has 20 heavy (non-hydrogen) atoms. The largest absolute Gasteiger partial charge is 0.370 e. The Morgan fingerprint density at radius 3 is 2.55 bits per heavy atom. The molecule has 0 bridgehead atoms. The fourth-order valence-electron chi connectivity index (χ4n) is 2.09. The van der Waals surface area contributed by atoms with E-state index < -0.39 is 0 Å². The van der Waals surface area contributed by atoms with E-state index in [9.17, 15) is 0 Å². The second kappa shape index (κ2) is 7.43. The minimum absolute atomic E-state index is 0.835. The van der Waals surface area contributed by atoms with Gasteiger partial charge in [0.05, 0.1) is 0 Å². The van der Waals surface area contributed by atoms with E-state index in [1.807, 2.05) is 12.3 Å². The Labute approximate surface area is 119 Å². The fraction of sp³-hybridized carbons (Fsp3) is 0.400. The van der Waals surface area contributed by atoms with Crippen molar-refractivity contribution < 1.29 is 0 Å². The normalized spacial score (nSPS) is 10.3. The SMILES string of the molecule is CCNc1ncnc(NCCc2cccnc2)c1CC. The molecule has 0 saturated heterocycles. The number of nitrogens with one attached hydrogen (secondary N) is 2. The topological polar surface area (TPSA) is 62.7 Å². The minimum atomic E-state index is 0.835. The molecule has 0 aromatic carbocycles. The monoisotopic (exact) mass is 271 g/mol. The zero-order valence-corrected chi connectivity index (χ0v) is 12.1. The van der Waals surface area contributed by atoms with Crippen LogP contribution in [0.4, 0.5) is 11.6 Å². The van der Waals surface area contributed by atoms with Gasteiger partial charge >= 0.3 is 0 Å². The molecule has 2 heterocycles. The molecule has 2 N–H and O–H groups in total. The number of hydrogen-bond donors (Lipinski definition) is 2. The summed E-state index contributed by atoms with van der Waals surface area (Å²) in [6.45, 7) is 5.88. The van der Waals surface area contributed by atoms with Crippen molar-refractivity contribution in [3.05, 3.63) is 42.0 Å². The highest BCUT2D eigenvalue weighted by Crippen LogP contribution is 2.20. The Bertz CT molecular complexity index is 527. The van der Waals surface area contributed by atoms with Crippen molar-refractivity contribution in [2.24, 2.45) is 0 Å². The first-order valence-corrected chi connectivity index (χ1v) is 7.05. The van der Waals surface area contributed by atoms with Gasteiger partial charge in [0.1, 0.15) is 18.0 Å². The smallest absolute Gasteiger partial charge is 0.134 e. The van der Waals surface area contributed by atoms with Gasteiger partial charge in [-0.15, -0.1) is 0 Å². The van der Waals surface area contributed by atoms with Crippen LogP contribution in [0.25, 0.3) is 0 Å². The maximum absolute atomic E-state index is 4.35. The standard InChI is InChI=1S/C15H21N5/c1-3-13-14(17-4-2)19-11-20-15(13)18-9-7-12-6-5-8-16-10-12/h5-6,8,10-11H,3-4,7,9H2,1-2H3,(H2,17,18,19,20). The lowest BCUT2D eigenvalue weighted by Gasteiger charge is -2.13. The lowest BCUT2D eigenvalue weighted by atomic mass is 10.2. The van der Waals surface area contributed by atoms with Crippen molar-refractivity contribution in [3.63, 3.8) is 0 Å². The first-order chi connectivity index (χ1) is 9.85. The highest BCUT2D eigenvalue weighted by Gasteiger charge is 2.08. The van der Waals surface area contributed by atoms with Crippen LogP contribution in [0, 0.1) is 0 Å². The summed E-state index contributed by atoms with van der Waals surface area (Å²) in [5.74, 6) is 1.84. The molecule has 0 radical (unpaired) electrons. The van der Waals surface area contributed by atoms with Crippen LogP contribution >= 0.6 is 0 Å². The molecule has 0 fully saturated rings. The summed E-state index contributed by atoms with van der Waals surface area (Å²) in [4.78, 5) is 12.8. The van der Waals surface area contributed by atoms with Crippen molar-refractivity contribution >= 4 is 11.6 Å². The molecular formula is C15H21N5. The van der Waals surface area contributed by atoms with Crippen LogP contribution in [0.15, 0.2) is 30.9 Å². The van der Waals surface area contributed by atoms with Gasteiger partial charge in [-0.25, -0.2) is 9.97 Å². The van der Waals surface area contributed by atoms with Gasteiger partial charge in [0.2, 0.25) is 0 Å². The summed E-state index contributed by atoms with van der Waals surface area (Å²) in [5, 5.41) is 6.67. The van der Waals surface area contributed by atoms with Crippen molar-refractivity contribution in [2.75, 3.05) is 23.7 Å². The molecule has 2 rings (SSSR count). The first-order valence-electron chi connectivity index (χ1n) is 7.05. The predicted octanol–water partition coefficient (Wildman–Crippen LogP) is 2.52. The second-order valence-corrected chi connectivity index (χ2v) is 4.47. The van der Waals surface area contributed by atoms with Crippen LogP contribution in [-0.4, -0.2) is 28.0 Å². The van der Waals surface area contributed by atoms with E-state index >= 15 is 0 Å². The highest BCUT2D eigenvalue weighted by molar-refractivity contribution is 5.57. The minimum Gasteiger partial charge on any atom is -0.370 e. The van der Waals surface area contributed by atoms with Crippen LogP contribution in [0.5, 0.6) is 0 Å². The fourth-order valence-corrected chi connectivity index (χ4v) is 2.09. The molecule has 106 valence electrons. The zero-order chi connectivity index (χ0) is 14.2. The Kier molecular flexibility index (Phi) is 5.29. The van der Waals surface area contributed by atoms with E-state index in [0.29, 0.717) is 0 Å². The van der Waals surface area contributed by atoms with Gasteiger partial charge in [0, 0.05) is 31.0 Å². The average Bonchev–Trinajstić information content (AvgIpc) is 2.49. The van der Waals surface area contributed by atoms with Gasteiger partial charge in [0.15, 0.2) is 0 Å². The van der Waals surface area contributed by atoms with Crippen molar-refractivity contribution in [3.8, 4) is 0 Å². The molecule has 0 atom stereocenters. The van der Waals surface area contributed by atoms with Gasteiger partial charge in [-0.3, -0.25) is 4.98 Å². The quantitative estimate of drug-likeness (QED) is 0.810. The lowest BCUT2D eigenvalue weighted by molar-refractivity contribution is 0.963. The summed E-state index contributed by atoms with van der Waals surface area (Å²) >= 11 is 0. The predicted molar refractivity (Wildman–Crippen MR) is 82.0 cm³/mol. The Morgan fingerprint density at radius 2 is 1.90 bits per heavy atom. The van der Waals surface area contributed by atoms with E-state index in [4.69, 9.17) is 0 Å². The highest BCUT2D eigenvalue weighted by atomic mass is 15.1. The van der Waals surface area contributed by atoms with Gasteiger partial charge in [-0.2, -0.15) is 0 Å². The summed E-state index contributed by atoms with van der Waals surface area (Å²) in [7, 11) is 0. The summed E-state index contributed by atoms with van der Waals surface area (Å²) in [6.07, 6.45) is 7.12. The van der Waals surface area contributed by atoms with E-state index in [1.165, 1.54) is 5.56 Å². The molecule has 5 heteroatoms. The van der Waals surface area contributed by atoms with Gasteiger partial charge in [0.25, 0.3) is 0 Å². The van der Waals surface area contributed by atoms with E-state index in [1.54, 1.807) is 12.5 Å². The van der Waals surface area contributed by atoms with Gasteiger partial charge in [-0.1, -0.05) is 13.0 Å². The third-order valence-corrected chi connectivity index (χ3v) is 3.07. The summed E-state index contributed by atoms with van der Waals surface area (Å²) in [6, 6.07) is 4.04.